The van der Waals surface area contributed by atoms with E-state index in [1.165, 1.54) is 24.1 Å². The van der Waals surface area contributed by atoms with Crippen LogP contribution in [0.2, 0.25) is 0 Å². The summed E-state index contributed by atoms with van der Waals surface area (Å²) >= 11 is 0. The van der Waals surface area contributed by atoms with E-state index in [0.29, 0.717) is 17.9 Å². The van der Waals surface area contributed by atoms with E-state index in [0.717, 1.165) is 16.8 Å². The van der Waals surface area contributed by atoms with Gasteiger partial charge in [-0.1, -0.05) is 12.1 Å². The van der Waals surface area contributed by atoms with Gasteiger partial charge in [-0.25, -0.2) is 9.40 Å². The Balaban J connectivity index is 1.66. The highest BCUT2D eigenvalue weighted by atomic mass is 19.1. The predicted octanol–water partition coefficient (Wildman–Crippen LogP) is 3.25. The number of hydrogen-bond donors (Lipinski definition) is 0. The summed E-state index contributed by atoms with van der Waals surface area (Å²) in [7, 11) is 0. The Morgan fingerprint density at radius 2 is 1.92 bits per heavy atom. The molecule has 0 spiro atoms. The van der Waals surface area contributed by atoms with E-state index < -0.39 is 0 Å². The van der Waals surface area contributed by atoms with E-state index in [2.05, 4.69) is 5.10 Å². The lowest BCUT2D eigenvalue weighted by Crippen LogP contribution is -2.24. The summed E-state index contributed by atoms with van der Waals surface area (Å²) in [6, 6.07) is 11.5. The molecule has 1 amide bonds. The molecule has 122 valence electrons. The van der Waals surface area contributed by atoms with Crippen molar-refractivity contribution in [1.29, 1.82) is 0 Å². The zero-order valence-corrected chi connectivity index (χ0v) is 13.0. The third kappa shape index (κ3) is 2.50. The van der Waals surface area contributed by atoms with Crippen LogP contribution in [0.3, 0.4) is 0 Å². The molecular weight excluding hydrogens is 311 g/mol. The zero-order chi connectivity index (χ0) is 16.7. The Bertz CT molecular complexity index is 833. The minimum atomic E-state index is -0.303. The van der Waals surface area contributed by atoms with E-state index in [1.54, 1.807) is 12.1 Å². The molecule has 24 heavy (non-hydrogen) atoms. The van der Waals surface area contributed by atoms with Crippen molar-refractivity contribution in [2.45, 2.75) is 19.4 Å². The molecule has 0 radical (unpaired) electrons. The molecule has 1 atom stereocenters. The molecule has 4 rings (SSSR count). The fourth-order valence-corrected chi connectivity index (χ4v) is 3.00. The maximum absolute atomic E-state index is 13.2. The summed E-state index contributed by atoms with van der Waals surface area (Å²) in [5.74, 6) is 0.925. The van der Waals surface area contributed by atoms with Crippen LogP contribution in [-0.4, -0.2) is 23.4 Å². The second-order valence-electron chi connectivity index (χ2n) is 5.75. The number of fused-ring (bicyclic) bond motifs is 1. The van der Waals surface area contributed by atoms with Gasteiger partial charge in [0.05, 0.1) is 11.8 Å². The first-order valence-electron chi connectivity index (χ1n) is 7.64. The van der Waals surface area contributed by atoms with Gasteiger partial charge in [0, 0.05) is 18.9 Å². The normalized spacial score (nSPS) is 18.7. The van der Waals surface area contributed by atoms with Crippen LogP contribution >= 0.6 is 0 Å². The lowest BCUT2D eigenvalue weighted by Gasteiger charge is -2.20. The van der Waals surface area contributed by atoms with Gasteiger partial charge in [0.15, 0.2) is 11.5 Å². The van der Waals surface area contributed by atoms with E-state index in [9.17, 15) is 9.18 Å². The Hall–Kier alpha value is -2.89. The highest BCUT2D eigenvalue weighted by molar-refractivity contribution is 6.03. The molecule has 0 fully saturated rings. The van der Waals surface area contributed by atoms with Crippen LogP contribution in [0, 0.1) is 5.82 Å². The Morgan fingerprint density at radius 1 is 1.17 bits per heavy atom. The molecule has 2 aliphatic rings. The van der Waals surface area contributed by atoms with E-state index in [1.807, 2.05) is 18.2 Å². The number of rotatable bonds is 2. The van der Waals surface area contributed by atoms with Crippen LogP contribution in [0.1, 0.15) is 30.5 Å². The largest absolute Gasteiger partial charge is 0.454 e. The summed E-state index contributed by atoms with van der Waals surface area (Å²) in [5, 5.41) is 5.93. The first-order chi connectivity index (χ1) is 11.6. The van der Waals surface area contributed by atoms with Gasteiger partial charge in [-0.05, 0) is 35.9 Å². The number of ether oxygens (including phenoxy) is 2. The van der Waals surface area contributed by atoms with Gasteiger partial charge in [-0.15, -0.1) is 0 Å². The molecule has 2 heterocycles. The van der Waals surface area contributed by atoms with Crippen molar-refractivity contribution in [3.63, 3.8) is 0 Å². The van der Waals surface area contributed by atoms with Gasteiger partial charge in [-0.3, -0.25) is 4.79 Å². The van der Waals surface area contributed by atoms with Gasteiger partial charge < -0.3 is 9.47 Å². The lowest BCUT2D eigenvalue weighted by atomic mass is 9.98. The van der Waals surface area contributed by atoms with Gasteiger partial charge >= 0.3 is 0 Å². The molecular formula is C18H15FN2O3. The third-order valence-electron chi connectivity index (χ3n) is 4.19. The van der Waals surface area contributed by atoms with E-state index >= 15 is 0 Å². The highest BCUT2D eigenvalue weighted by Crippen LogP contribution is 2.37. The number of carbonyl (C=O) groups excluding carboxylic acids is 1. The van der Waals surface area contributed by atoms with Crippen molar-refractivity contribution in [3.8, 4) is 11.5 Å². The first-order valence-corrected chi connectivity index (χ1v) is 7.64. The minimum absolute atomic E-state index is 0.153. The van der Waals surface area contributed by atoms with Crippen molar-refractivity contribution < 1.29 is 18.7 Å². The average Bonchev–Trinajstić information content (AvgIpc) is 3.21. The molecule has 0 bridgehead atoms. The van der Waals surface area contributed by atoms with Crippen molar-refractivity contribution in [2.24, 2.45) is 5.10 Å². The third-order valence-corrected chi connectivity index (χ3v) is 4.19. The number of hydrogen-bond acceptors (Lipinski definition) is 4. The molecule has 0 aromatic heterocycles. The number of hydrazone groups is 1. The van der Waals surface area contributed by atoms with E-state index in [-0.39, 0.29) is 24.6 Å². The maximum Gasteiger partial charge on any atom is 0.240 e. The average molecular weight is 326 g/mol. The summed E-state index contributed by atoms with van der Waals surface area (Å²) in [4.78, 5) is 12.0. The smallest absolute Gasteiger partial charge is 0.240 e. The topological polar surface area (TPSA) is 51.1 Å². The zero-order valence-electron chi connectivity index (χ0n) is 13.0. The van der Waals surface area contributed by atoms with Gasteiger partial charge in [0.1, 0.15) is 5.82 Å². The van der Waals surface area contributed by atoms with Crippen molar-refractivity contribution in [2.75, 3.05) is 6.79 Å². The second-order valence-corrected chi connectivity index (χ2v) is 5.75. The van der Waals surface area contributed by atoms with Crippen LogP contribution in [0.15, 0.2) is 47.6 Å². The fraction of sp³-hybridized carbons (Fsp3) is 0.222. The maximum atomic E-state index is 13.2. The quantitative estimate of drug-likeness (QED) is 0.851. The molecule has 5 nitrogen and oxygen atoms in total. The number of amides is 1. The SMILES string of the molecule is CC(=O)N1N=C(c2ccc3c(c2)OCO3)C[C@H]1c1ccc(F)cc1. The van der Waals surface area contributed by atoms with E-state index in [4.69, 9.17) is 9.47 Å². The molecule has 0 saturated heterocycles. The summed E-state index contributed by atoms with van der Waals surface area (Å²) in [6.45, 7) is 1.69. The molecule has 0 N–H and O–H groups in total. The molecule has 0 aliphatic carbocycles. The predicted molar refractivity (Wildman–Crippen MR) is 85.4 cm³/mol. The monoisotopic (exact) mass is 326 g/mol. The van der Waals surface area contributed by atoms with Gasteiger partial charge in [-0.2, -0.15) is 5.10 Å². The van der Waals surface area contributed by atoms with Crippen LogP contribution in [-0.2, 0) is 4.79 Å². The number of halogens is 1. The molecule has 0 unspecified atom stereocenters. The molecule has 2 aliphatic heterocycles. The molecule has 0 saturated carbocycles. The summed E-state index contributed by atoms with van der Waals surface area (Å²) in [6.07, 6.45) is 0.560. The first kappa shape index (κ1) is 14.7. The molecule has 2 aromatic rings. The van der Waals surface area contributed by atoms with Crippen molar-refractivity contribution in [3.05, 3.63) is 59.4 Å². The number of nitrogens with zero attached hydrogens (tertiary/aromatic N) is 2. The molecule has 6 heteroatoms. The highest BCUT2D eigenvalue weighted by Gasteiger charge is 2.31. The summed E-state index contributed by atoms with van der Waals surface area (Å²) in [5.41, 5.74) is 2.53. The Morgan fingerprint density at radius 3 is 2.67 bits per heavy atom. The minimum Gasteiger partial charge on any atom is -0.454 e. The number of carbonyl (C=O) groups is 1. The lowest BCUT2D eigenvalue weighted by molar-refractivity contribution is -0.130. The second kappa shape index (κ2) is 5.63. The van der Waals surface area contributed by atoms with Crippen LogP contribution in [0.5, 0.6) is 11.5 Å². The van der Waals surface area contributed by atoms with Crippen molar-refractivity contribution in [1.82, 2.24) is 5.01 Å². The van der Waals surface area contributed by atoms with Gasteiger partial charge in [0.2, 0.25) is 12.7 Å². The van der Waals surface area contributed by atoms with Crippen LogP contribution < -0.4 is 9.47 Å². The summed E-state index contributed by atoms with van der Waals surface area (Å²) < 4.78 is 23.9. The fourth-order valence-electron chi connectivity index (χ4n) is 3.00. The van der Waals surface area contributed by atoms with Crippen LogP contribution in [0.4, 0.5) is 4.39 Å². The Labute approximate surface area is 138 Å². The van der Waals surface area contributed by atoms with Crippen molar-refractivity contribution >= 4 is 11.6 Å². The van der Waals surface area contributed by atoms with Gasteiger partial charge in [0.25, 0.3) is 0 Å². The number of benzene rings is 2. The Kier molecular flexibility index (Phi) is 3.45. The standard InChI is InChI=1S/C18H15FN2O3/c1-11(22)21-16(12-2-5-14(19)6-3-12)9-15(20-21)13-4-7-17-18(8-13)24-10-23-17/h2-8,16H,9-10H2,1H3/t16-/m0/s1. The molecule has 2 aromatic carbocycles. The van der Waals surface area contributed by atoms with Crippen LogP contribution in [0.25, 0.3) is 0 Å².